The minimum Gasteiger partial charge on any atom is -0.481 e. The molecule has 1 aliphatic rings. The molecule has 18 heavy (non-hydrogen) atoms. The summed E-state index contributed by atoms with van der Waals surface area (Å²) in [6.07, 6.45) is 4.50. The second kappa shape index (κ2) is 4.43. The number of hydrogen-bond donors (Lipinski definition) is 2. The van der Waals surface area contributed by atoms with Crippen molar-refractivity contribution in [1.29, 1.82) is 0 Å². The first-order valence-electron chi connectivity index (χ1n) is 6.13. The fraction of sp³-hybridized carbons (Fsp3) is 0.357. The lowest BCUT2D eigenvalue weighted by Gasteiger charge is -2.13. The summed E-state index contributed by atoms with van der Waals surface area (Å²) in [4.78, 5) is 14.3. The third-order valence-electron chi connectivity index (χ3n) is 3.66. The van der Waals surface area contributed by atoms with Gasteiger partial charge in [0.2, 0.25) is 0 Å². The fourth-order valence-electron chi connectivity index (χ4n) is 2.64. The van der Waals surface area contributed by atoms with Crippen LogP contribution in [0, 0.1) is 5.92 Å². The normalized spacial score (nSPS) is 16.9. The topological polar surface area (TPSA) is 53.1 Å². The van der Waals surface area contributed by atoms with E-state index in [-0.39, 0.29) is 12.3 Å². The maximum absolute atomic E-state index is 11.0. The van der Waals surface area contributed by atoms with Crippen LogP contribution in [-0.2, 0) is 4.79 Å². The summed E-state index contributed by atoms with van der Waals surface area (Å²) in [6, 6.07) is 6.08. The Morgan fingerprint density at radius 3 is 2.94 bits per heavy atom. The Hall–Kier alpha value is -1.29. The van der Waals surface area contributed by atoms with Crippen molar-refractivity contribution in [3.63, 3.8) is 0 Å². The van der Waals surface area contributed by atoms with E-state index in [1.807, 2.05) is 18.3 Å². The van der Waals surface area contributed by atoms with Gasteiger partial charge in [-0.3, -0.25) is 4.79 Å². The zero-order chi connectivity index (χ0) is 12.7. The van der Waals surface area contributed by atoms with Crippen LogP contribution < -0.4 is 0 Å². The van der Waals surface area contributed by atoms with Crippen LogP contribution in [0.3, 0.4) is 0 Å². The van der Waals surface area contributed by atoms with Gasteiger partial charge < -0.3 is 10.1 Å². The summed E-state index contributed by atoms with van der Waals surface area (Å²) in [6.45, 7) is 0. The van der Waals surface area contributed by atoms with Crippen LogP contribution >= 0.6 is 15.9 Å². The molecule has 4 heteroatoms. The molecule has 0 bridgehead atoms. The second-order valence-electron chi connectivity index (χ2n) is 4.98. The minimum absolute atomic E-state index is 0.144. The van der Waals surface area contributed by atoms with Crippen LogP contribution in [-0.4, -0.2) is 16.1 Å². The Bertz CT molecular complexity index is 601. The molecule has 94 valence electrons. The van der Waals surface area contributed by atoms with Crippen LogP contribution in [0.1, 0.15) is 30.7 Å². The summed E-state index contributed by atoms with van der Waals surface area (Å²) >= 11 is 3.47. The van der Waals surface area contributed by atoms with E-state index < -0.39 is 5.97 Å². The van der Waals surface area contributed by atoms with E-state index in [9.17, 15) is 4.79 Å². The molecular weight excluding hydrogens is 294 g/mol. The number of H-pyrrole nitrogens is 1. The lowest BCUT2D eigenvalue weighted by molar-refractivity contribution is -0.137. The molecule has 1 saturated carbocycles. The standard InChI is InChI=1S/C14H14BrNO2/c15-9-3-4-13-11(5-9)12(7-16-13)10(6-14(17)18)8-1-2-8/h3-5,7-8,10,16H,1-2,6H2,(H,17,18). The highest BCUT2D eigenvalue weighted by Crippen LogP contribution is 2.46. The first-order valence-corrected chi connectivity index (χ1v) is 6.93. The Morgan fingerprint density at radius 1 is 1.50 bits per heavy atom. The predicted molar refractivity (Wildman–Crippen MR) is 73.7 cm³/mol. The van der Waals surface area contributed by atoms with E-state index in [0.29, 0.717) is 5.92 Å². The summed E-state index contributed by atoms with van der Waals surface area (Å²) < 4.78 is 1.03. The summed E-state index contributed by atoms with van der Waals surface area (Å²) in [5.74, 6) is -0.0270. The van der Waals surface area contributed by atoms with Crippen LogP contribution in [0.15, 0.2) is 28.9 Å². The Labute approximate surface area is 113 Å². The average Bonchev–Trinajstić information content (AvgIpc) is 3.07. The number of halogens is 1. The van der Waals surface area contributed by atoms with Gasteiger partial charge in [0, 0.05) is 21.6 Å². The summed E-state index contributed by atoms with van der Waals surface area (Å²) in [5, 5.41) is 10.2. The lowest BCUT2D eigenvalue weighted by Crippen LogP contribution is -2.07. The van der Waals surface area contributed by atoms with E-state index in [2.05, 4.69) is 27.0 Å². The van der Waals surface area contributed by atoms with Crippen LogP contribution in [0.2, 0.25) is 0 Å². The van der Waals surface area contributed by atoms with Gasteiger partial charge in [0.15, 0.2) is 0 Å². The molecule has 1 aliphatic carbocycles. The Morgan fingerprint density at radius 2 is 2.28 bits per heavy atom. The van der Waals surface area contributed by atoms with Gasteiger partial charge in [-0.25, -0.2) is 0 Å². The van der Waals surface area contributed by atoms with Crippen molar-refractivity contribution in [2.45, 2.75) is 25.2 Å². The first kappa shape index (κ1) is 11.8. The molecule has 1 unspecified atom stereocenters. The number of aromatic amines is 1. The molecule has 0 spiro atoms. The number of rotatable bonds is 4. The number of fused-ring (bicyclic) bond motifs is 1. The number of nitrogens with one attached hydrogen (secondary N) is 1. The highest BCUT2D eigenvalue weighted by Gasteiger charge is 2.34. The largest absolute Gasteiger partial charge is 0.481 e. The number of hydrogen-bond acceptors (Lipinski definition) is 1. The maximum atomic E-state index is 11.0. The SMILES string of the molecule is O=C(O)CC(c1c[nH]c2ccc(Br)cc12)C1CC1. The molecule has 3 rings (SSSR count). The summed E-state index contributed by atoms with van der Waals surface area (Å²) in [5.41, 5.74) is 2.22. The number of carboxylic acids is 1. The van der Waals surface area contributed by atoms with Crippen molar-refractivity contribution >= 4 is 32.8 Å². The van der Waals surface area contributed by atoms with Gasteiger partial charge in [-0.1, -0.05) is 15.9 Å². The van der Waals surface area contributed by atoms with Crippen LogP contribution in [0.5, 0.6) is 0 Å². The van der Waals surface area contributed by atoms with Gasteiger partial charge in [-0.05, 0) is 48.4 Å². The Kier molecular flexibility index (Phi) is 2.90. The van der Waals surface area contributed by atoms with E-state index in [0.717, 1.165) is 33.8 Å². The van der Waals surface area contributed by atoms with Gasteiger partial charge in [-0.15, -0.1) is 0 Å². The van der Waals surface area contributed by atoms with Gasteiger partial charge in [-0.2, -0.15) is 0 Å². The van der Waals surface area contributed by atoms with Crippen molar-refractivity contribution in [2.24, 2.45) is 5.92 Å². The van der Waals surface area contributed by atoms with Crippen molar-refractivity contribution in [1.82, 2.24) is 4.98 Å². The van der Waals surface area contributed by atoms with Crippen molar-refractivity contribution in [3.8, 4) is 0 Å². The molecule has 0 amide bonds. The zero-order valence-corrected chi connectivity index (χ0v) is 11.4. The van der Waals surface area contributed by atoms with Crippen molar-refractivity contribution in [2.75, 3.05) is 0 Å². The third-order valence-corrected chi connectivity index (χ3v) is 4.15. The Balaban J connectivity index is 2.05. The highest BCUT2D eigenvalue weighted by molar-refractivity contribution is 9.10. The molecule has 1 aromatic heterocycles. The molecule has 3 nitrogen and oxygen atoms in total. The molecule has 0 aliphatic heterocycles. The number of aromatic nitrogens is 1. The van der Waals surface area contributed by atoms with Crippen molar-refractivity contribution in [3.05, 3.63) is 34.4 Å². The zero-order valence-electron chi connectivity index (χ0n) is 9.82. The molecule has 1 heterocycles. The van der Waals surface area contributed by atoms with Crippen LogP contribution in [0.25, 0.3) is 10.9 Å². The molecule has 0 saturated heterocycles. The smallest absolute Gasteiger partial charge is 0.303 e. The van der Waals surface area contributed by atoms with E-state index in [4.69, 9.17) is 5.11 Å². The molecular formula is C14H14BrNO2. The number of benzene rings is 1. The van der Waals surface area contributed by atoms with E-state index >= 15 is 0 Å². The fourth-order valence-corrected chi connectivity index (χ4v) is 3.00. The number of carboxylic acid groups (broad SMARTS) is 1. The molecule has 2 aromatic rings. The molecule has 1 atom stereocenters. The first-order chi connectivity index (χ1) is 8.65. The van der Waals surface area contributed by atoms with Gasteiger partial charge in [0.05, 0.1) is 6.42 Å². The van der Waals surface area contributed by atoms with Crippen LogP contribution in [0.4, 0.5) is 0 Å². The average molecular weight is 308 g/mol. The molecule has 1 aromatic carbocycles. The maximum Gasteiger partial charge on any atom is 0.303 e. The molecule has 1 fully saturated rings. The number of carbonyl (C=O) groups is 1. The second-order valence-corrected chi connectivity index (χ2v) is 5.89. The van der Waals surface area contributed by atoms with E-state index in [1.54, 1.807) is 0 Å². The highest BCUT2D eigenvalue weighted by atomic mass is 79.9. The molecule has 0 radical (unpaired) electrons. The lowest BCUT2D eigenvalue weighted by atomic mass is 9.91. The molecule has 2 N–H and O–H groups in total. The predicted octanol–water partition coefficient (Wildman–Crippen LogP) is 3.90. The number of aliphatic carboxylic acids is 1. The van der Waals surface area contributed by atoms with Gasteiger partial charge in [0.25, 0.3) is 0 Å². The monoisotopic (exact) mass is 307 g/mol. The summed E-state index contributed by atoms with van der Waals surface area (Å²) in [7, 11) is 0. The van der Waals surface area contributed by atoms with Gasteiger partial charge in [0.1, 0.15) is 0 Å². The van der Waals surface area contributed by atoms with Gasteiger partial charge >= 0.3 is 5.97 Å². The minimum atomic E-state index is -0.712. The quantitative estimate of drug-likeness (QED) is 0.900. The van der Waals surface area contributed by atoms with E-state index in [1.165, 1.54) is 0 Å². The van der Waals surface area contributed by atoms with Crippen molar-refractivity contribution < 1.29 is 9.90 Å². The third kappa shape index (κ3) is 2.17.